The number of aryl methyl sites for hydroxylation is 1. The summed E-state index contributed by atoms with van der Waals surface area (Å²) in [7, 11) is 0. The minimum Gasteiger partial charge on any atom is -0.358 e. The zero-order valence-corrected chi connectivity index (χ0v) is 12.2. The molecule has 2 N–H and O–H groups in total. The van der Waals surface area contributed by atoms with Crippen LogP contribution in [-0.4, -0.2) is 10.9 Å². The smallest absolute Gasteiger partial charge is 0.358 e. The van der Waals surface area contributed by atoms with Crippen LogP contribution < -0.4 is 5.32 Å². The van der Waals surface area contributed by atoms with Gasteiger partial charge in [-0.3, -0.25) is 4.79 Å². The lowest BCUT2D eigenvalue weighted by Gasteiger charge is -2.09. The van der Waals surface area contributed by atoms with E-state index in [9.17, 15) is 18.0 Å². The molecule has 0 spiro atoms. The molecular weight excluding hydrogens is 305 g/mol. The first-order valence-electron chi connectivity index (χ1n) is 6.92. The highest BCUT2D eigenvalue weighted by Gasteiger charge is 2.30. The van der Waals surface area contributed by atoms with Crippen LogP contribution in [0.25, 0.3) is 10.9 Å². The summed E-state index contributed by atoms with van der Waals surface area (Å²) in [6.07, 6.45) is -4.39. The molecule has 0 unspecified atom stereocenters. The van der Waals surface area contributed by atoms with E-state index >= 15 is 0 Å². The summed E-state index contributed by atoms with van der Waals surface area (Å²) in [6, 6.07) is 11.7. The highest BCUT2D eigenvalue weighted by Crippen LogP contribution is 2.30. The van der Waals surface area contributed by atoms with E-state index in [4.69, 9.17) is 0 Å². The average Bonchev–Trinajstić information content (AvgIpc) is 2.82. The largest absolute Gasteiger partial charge is 0.416 e. The number of fused-ring (bicyclic) bond motifs is 1. The van der Waals surface area contributed by atoms with Gasteiger partial charge in [0.2, 0.25) is 0 Å². The quantitative estimate of drug-likeness (QED) is 0.704. The van der Waals surface area contributed by atoms with Gasteiger partial charge in [0.05, 0.1) is 11.1 Å². The Morgan fingerprint density at radius 3 is 2.35 bits per heavy atom. The van der Waals surface area contributed by atoms with Crippen molar-refractivity contribution in [3.63, 3.8) is 0 Å². The molecule has 0 saturated carbocycles. The summed E-state index contributed by atoms with van der Waals surface area (Å²) in [5, 5.41) is 3.40. The molecule has 3 nitrogen and oxygen atoms in total. The summed E-state index contributed by atoms with van der Waals surface area (Å²) in [4.78, 5) is 15.6. The second-order valence-corrected chi connectivity index (χ2v) is 5.20. The molecule has 0 atom stereocenters. The van der Waals surface area contributed by atoms with Gasteiger partial charge in [0.1, 0.15) is 0 Å². The van der Waals surface area contributed by atoms with Crippen molar-refractivity contribution >= 4 is 22.5 Å². The standard InChI is InChI=1S/C17H13F3N2O/c1-10-15(13-4-2-3-5-14(13)21-10)16(23)22-12-8-6-11(7-9-12)17(18,19)20/h2-9,21H,1H3,(H,22,23). The third-order valence-electron chi connectivity index (χ3n) is 3.59. The van der Waals surface area contributed by atoms with Crippen LogP contribution >= 0.6 is 0 Å². The Balaban J connectivity index is 1.88. The number of benzene rings is 2. The number of amides is 1. The minimum atomic E-state index is -4.39. The van der Waals surface area contributed by atoms with Gasteiger partial charge in [0.15, 0.2) is 0 Å². The number of rotatable bonds is 2. The molecule has 6 heteroatoms. The molecule has 1 aromatic heterocycles. The molecule has 0 fully saturated rings. The first kappa shape index (κ1) is 15.1. The number of halogens is 3. The lowest BCUT2D eigenvalue weighted by Crippen LogP contribution is -2.13. The van der Waals surface area contributed by atoms with Gasteiger partial charge in [0, 0.05) is 22.3 Å². The Kier molecular flexibility index (Phi) is 3.60. The fourth-order valence-electron chi connectivity index (χ4n) is 2.51. The topological polar surface area (TPSA) is 44.9 Å². The van der Waals surface area contributed by atoms with Gasteiger partial charge < -0.3 is 10.3 Å². The summed E-state index contributed by atoms with van der Waals surface area (Å²) in [5.41, 5.74) is 1.59. The number of hydrogen-bond donors (Lipinski definition) is 2. The predicted octanol–water partition coefficient (Wildman–Crippen LogP) is 4.75. The molecule has 0 bridgehead atoms. The molecule has 118 valence electrons. The second kappa shape index (κ2) is 5.46. The SMILES string of the molecule is Cc1[nH]c2ccccc2c1C(=O)Nc1ccc(C(F)(F)F)cc1. The van der Waals surface area contributed by atoms with E-state index in [-0.39, 0.29) is 5.91 Å². The van der Waals surface area contributed by atoms with Crippen molar-refractivity contribution in [2.24, 2.45) is 0 Å². The Bertz CT molecular complexity index is 864. The molecular formula is C17H13F3N2O. The van der Waals surface area contributed by atoms with Crippen LogP contribution in [0.3, 0.4) is 0 Å². The number of anilines is 1. The van der Waals surface area contributed by atoms with E-state index in [0.717, 1.165) is 23.0 Å². The molecule has 3 aromatic rings. The number of carbonyl (C=O) groups excluding carboxylic acids is 1. The summed E-state index contributed by atoms with van der Waals surface area (Å²) in [6.45, 7) is 1.78. The van der Waals surface area contributed by atoms with Crippen molar-refractivity contribution < 1.29 is 18.0 Å². The Morgan fingerprint density at radius 1 is 1.04 bits per heavy atom. The van der Waals surface area contributed by atoms with Gasteiger partial charge in [-0.1, -0.05) is 18.2 Å². The van der Waals surface area contributed by atoms with E-state index in [1.807, 2.05) is 24.3 Å². The molecule has 3 rings (SSSR count). The number of para-hydroxylation sites is 1. The van der Waals surface area contributed by atoms with Crippen molar-refractivity contribution in [1.29, 1.82) is 0 Å². The van der Waals surface area contributed by atoms with Crippen LogP contribution in [0, 0.1) is 6.92 Å². The summed E-state index contributed by atoms with van der Waals surface area (Å²) < 4.78 is 37.6. The van der Waals surface area contributed by atoms with Gasteiger partial charge >= 0.3 is 6.18 Å². The van der Waals surface area contributed by atoms with Crippen molar-refractivity contribution in [3.05, 3.63) is 65.4 Å². The molecule has 0 aliphatic rings. The molecule has 23 heavy (non-hydrogen) atoms. The Hall–Kier alpha value is -2.76. The first-order chi connectivity index (χ1) is 10.9. The lowest BCUT2D eigenvalue weighted by molar-refractivity contribution is -0.137. The molecule has 0 radical (unpaired) electrons. The monoisotopic (exact) mass is 318 g/mol. The van der Waals surface area contributed by atoms with E-state index in [1.165, 1.54) is 12.1 Å². The summed E-state index contributed by atoms with van der Waals surface area (Å²) in [5.74, 6) is -0.361. The minimum absolute atomic E-state index is 0.313. The molecule has 1 heterocycles. The second-order valence-electron chi connectivity index (χ2n) is 5.20. The normalized spacial score (nSPS) is 11.7. The van der Waals surface area contributed by atoms with Crippen molar-refractivity contribution in [2.75, 3.05) is 5.32 Å². The van der Waals surface area contributed by atoms with Crippen LogP contribution in [0.2, 0.25) is 0 Å². The number of carbonyl (C=O) groups is 1. The molecule has 0 saturated heterocycles. The summed E-state index contributed by atoms with van der Waals surface area (Å²) >= 11 is 0. The predicted molar refractivity (Wildman–Crippen MR) is 82.4 cm³/mol. The molecule has 2 aromatic carbocycles. The number of aromatic nitrogens is 1. The average molecular weight is 318 g/mol. The Morgan fingerprint density at radius 2 is 1.70 bits per heavy atom. The van der Waals surface area contributed by atoms with E-state index in [1.54, 1.807) is 6.92 Å². The third kappa shape index (κ3) is 2.92. The van der Waals surface area contributed by atoms with Gasteiger partial charge in [-0.05, 0) is 37.3 Å². The van der Waals surface area contributed by atoms with Crippen LogP contribution in [-0.2, 0) is 6.18 Å². The highest BCUT2D eigenvalue weighted by molar-refractivity contribution is 6.13. The van der Waals surface area contributed by atoms with Crippen molar-refractivity contribution in [3.8, 4) is 0 Å². The van der Waals surface area contributed by atoms with E-state index < -0.39 is 11.7 Å². The number of hydrogen-bond acceptors (Lipinski definition) is 1. The van der Waals surface area contributed by atoms with Crippen molar-refractivity contribution in [2.45, 2.75) is 13.1 Å². The van der Waals surface area contributed by atoms with Crippen LogP contribution in [0.1, 0.15) is 21.6 Å². The lowest BCUT2D eigenvalue weighted by atomic mass is 10.1. The first-order valence-corrected chi connectivity index (χ1v) is 6.92. The van der Waals surface area contributed by atoms with Gasteiger partial charge in [0.25, 0.3) is 5.91 Å². The van der Waals surface area contributed by atoms with Gasteiger partial charge in [-0.25, -0.2) is 0 Å². The fraction of sp³-hybridized carbons (Fsp3) is 0.118. The van der Waals surface area contributed by atoms with Crippen molar-refractivity contribution in [1.82, 2.24) is 4.98 Å². The number of aromatic amines is 1. The van der Waals surface area contributed by atoms with E-state index in [0.29, 0.717) is 16.9 Å². The third-order valence-corrected chi connectivity index (χ3v) is 3.59. The number of alkyl halides is 3. The maximum atomic E-state index is 12.5. The molecule has 0 aliphatic heterocycles. The number of nitrogens with one attached hydrogen (secondary N) is 2. The Labute approximate surface area is 130 Å². The highest BCUT2D eigenvalue weighted by atomic mass is 19.4. The van der Waals surface area contributed by atoms with Gasteiger partial charge in [-0.15, -0.1) is 0 Å². The van der Waals surface area contributed by atoms with Crippen LogP contribution in [0.5, 0.6) is 0 Å². The number of H-pyrrole nitrogens is 1. The zero-order chi connectivity index (χ0) is 16.6. The maximum absolute atomic E-state index is 12.5. The molecule has 1 amide bonds. The van der Waals surface area contributed by atoms with Gasteiger partial charge in [-0.2, -0.15) is 13.2 Å². The van der Waals surface area contributed by atoms with Crippen LogP contribution in [0.15, 0.2) is 48.5 Å². The zero-order valence-electron chi connectivity index (χ0n) is 12.2. The van der Waals surface area contributed by atoms with Crippen LogP contribution in [0.4, 0.5) is 18.9 Å². The molecule has 0 aliphatic carbocycles. The fourth-order valence-corrected chi connectivity index (χ4v) is 2.51. The van der Waals surface area contributed by atoms with E-state index in [2.05, 4.69) is 10.3 Å². The maximum Gasteiger partial charge on any atom is 0.416 e.